The number of aromatic nitrogens is 2. The van der Waals surface area contributed by atoms with Crippen molar-refractivity contribution in [3.8, 4) is 0 Å². The molecule has 2 rings (SSSR count). The number of benzene rings is 1. The van der Waals surface area contributed by atoms with Crippen molar-refractivity contribution in [3.63, 3.8) is 0 Å². The van der Waals surface area contributed by atoms with Gasteiger partial charge in [0, 0.05) is 19.5 Å². The number of nitrogens with zero attached hydrogens (tertiary/aromatic N) is 2. The number of hydrogen-bond acceptors (Lipinski definition) is 2. The highest BCUT2D eigenvalue weighted by atomic mass is 15.1. The zero-order valence-electron chi connectivity index (χ0n) is 14.1. The lowest BCUT2D eigenvalue weighted by molar-refractivity contribution is 0.510. The van der Waals surface area contributed by atoms with Crippen LogP contribution in [0.15, 0.2) is 18.2 Å². The predicted molar refractivity (Wildman–Crippen MR) is 90.9 cm³/mol. The highest BCUT2D eigenvalue weighted by molar-refractivity contribution is 5.77. The Morgan fingerprint density at radius 3 is 2.57 bits per heavy atom. The van der Waals surface area contributed by atoms with Gasteiger partial charge in [0.25, 0.3) is 0 Å². The molecule has 0 unspecified atom stereocenters. The maximum atomic E-state index is 4.89. The molecule has 1 heterocycles. The van der Waals surface area contributed by atoms with Crippen LogP contribution in [-0.2, 0) is 13.0 Å². The van der Waals surface area contributed by atoms with E-state index in [0.29, 0.717) is 5.92 Å². The van der Waals surface area contributed by atoms with Crippen molar-refractivity contribution in [2.45, 2.75) is 53.0 Å². The van der Waals surface area contributed by atoms with Crippen molar-refractivity contribution in [2.75, 3.05) is 13.6 Å². The van der Waals surface area contributed by atoms with Crippen molar-refractivity contribution in [3.05, 3.63) is 29.6 Å². The topological polar surface area (TPSA) is 29.9 Å². The first-order valence-electron chi connectivity index (χ1n) is 8.16. The maximum Gasteiger partial charge on any atom is 0.111 e. The molecule has 3 heteroatoms. The van der Waals surface area contributed by atoms with Crippen LogP contribution in [-0.4, -0.2) is 23.1 Å². The van der Waals surface area contributed by atoms with Crippen LogP contribution in [0, 0.1) is 5.92 Å². The summed E-state index contributed by atoms with van der Waals surface area (Å²) < 4.78 is 2.41. The summed E-state index contributed by atoms with van der Waals surface area (Å²) in [6, 6.07) is 6.76. The van der Waals surface area contributed by atoms with Gasteiger partial charge in [-0.25, -0.2) is 4.98 Å². The minimum absolute atomic E-state index is 0.552. The van der Waals surface area contributed by atoms with E-state index in [-0.39, 0.29) is 0 Å². The van der Waals surface area contributed by atoms with Gasteiger partial charge in [-0.3, -0.25) is 0 Å². The zero-order valence-corrected chi connectivity index (χ0v) is 14.1. The average Bonchev–Trinajstić information content (AvgIpc) is 2.79. The van der Waals surface area contributed by atoms with Gasteiger partial charge in [0.1, 0.15) is 5.82 Å². The van der Waals surface area contributed by atoms with Gasteiger partial charge in [-0.15, -0.1) is 0 Å². The Bertz CT molecular complexity index is 581. The molecule has 3 nitrogen and oxygen atoms in total. The first-order chi connectivity index (χ1) is 10.0. The second-order valence-electron chi connectivity index (χ2n) is 6.62. The smallest absolute Gasteiger partial charge is 0.111 e. The molecule has 116 valence electrons. The van der Waals surface area contributed by atoms with Crippen LogP contribution in [0.2, 0.25) is 0 Å². The first kappa shape index (κ1) is 16.0. The second-order valence-corrected chi connectivity index (χ2v) is 6.62. The van der Waals surface area contributed by atoms with Crippen molar-refractivity contribution in [2.24, 2.45) is 5.92 Å². The fourth-order valence-corrected chi connectivity index (χ4v) is 2.62. The molecule has 1 aromatic heterocycles. The van der Waals surface area contributed by atoms with Gasteiger partial charge in [-0.1, -0.05) is 33.8 Å². The summed E-state index contributed by atoms with van der Waals surface area (Å²) in [4.78, 5) is 4.89. The van der Waals surface area contributed by atoms with Crippen molar-refractivity contribution < 1.29 is 0 Å². The molecule has 0 fully saturated rings. The molecular weight excluding hydrogens is 258 g/mol. The number of imidazole rings is 1. The third kappa shape index (κ3) is 3.85. The number of rotatable bonds is 7. The molecule has 0 amide bonds. The number of aryl methyl sites for hydroxylation is 1. The lowest BCUT2D eigenvalue weighted by Gasteiger charge is -2.11. The molecule has 0 spiro atoms. The number of hydrogen-bond donors (Lipinski definition) is 1. The van der Waals surface area contributed by atoms with E-state index in [4.69, 9.17) is 4.98 Å². The highest BCUT2D eigenvalue weighted by Gasteiger charge is 2.12. The number of nitrogens with one attached hydrogen (secondary N) is 1. The van der Waals surface area contributed by atoms with Gasteiger partial charge in [0.15, 0.2) is 0 Å². The summed E-state index contributed by atoms with van der Waals surface area (Å²) in [6.07, 6.45) is 2.18. The third-order valence-corrected chi connectivity index (χ3v) is 4.05. The fourth-order valence-electron chi connectivity index (χ4n) is 2.62. The van der Waals surface area contributed by atoms with Crippen molar-refractivity contribution in [1.29, 1.82) is 0 Å². The van der Waals surface area contributed by atoms with Crippen LogP contribution in [0.3, 0.4) is 0 Å². The van der Waals surface area contributed by atoms with E-state index >= 15 is 0 Å². The van der Waals surface area contributed by atoms with E-state index in [1.807, 2.05) is 7.05 Å². The Labute approximate surface area is 128 Å². The molecule has 0 radical (unpaired) electrons. The van der Waals surface area contributed by atoms with Gasteiger partial charge in [-0.05, 0) is 43.0 Å². The van der Waals surface area contributed by atoms with Crippen LogP contribution in [0.25, 0.3) is 11.0 Å². The lowest BCUT2D eigenvalue weighted by atomic mass is 10.0. The molecule has 0 atom stereocenters. The van der Waals surface area contributed by atoms with Crippen LogP contribution in [0.1, 0.15) is 51.4 Å². The quantitative estimate of drug-likeness (QED) is 0.835. The molecule has 1 N–H and O–H groups in total. The molecule has 1 aromatic carbocycles. The molecule has 0 aliphatic heterocycles. The summed E-state index contributed by atoms with van der Waals surface area (Å²) in [6.45, 7) is 11.1. The Hall–Kier alpha value is -1.35. The molecule has 0 bridgehead atoms. The molecule has 0 saturated carbocycles. The zero-order chi connectivity index (χ0) is 15.4. The van der Waals surface area contributed by atoms with E-state index in [1.54, 1.807) is 0 Å². The first-order valence-corrected chi connectivity index (χ1v) is 8.16. The van der Waals surface area contributed by atoms with Crippen LogP contribution in [0.5, 0.6) is 0 Å². The average molecular weight is 287 g/mol. The number of likely N-dealkylation sites (N-methyl/N-ethyl adjacent to an activating group) is 1. The van der Waals surface area contributed by atoms with Gasteiger partial charge in [0.05, 0.1) is 11.0 Å². The van der Waals surface area contributed by atoms with Gasteiger partial charge in [0.2, 0.25) is 0 Å². The molecule has 0 aliphatic rings. The maximum absolute atomic E-state index is 4.89. The summed E-state index contributed by atoms with van der Waals surface area (Å²) in [7, 11) is 2.00. The minimum atomic E-state index is 0.552. The summed E-state index contributed by atoms with van der Waals surface area (Å²) in [5.74, 6) is 2.48. The highest BCUT2D eigenvalue weighted by Crippen LogP contribution is 2.23. The lowest BCUT2D eigenvalue weighted by Crippen LogP contribution is -2.14. The fraction of sp³-hybridized carbons (Fsp3) is 0.611. The molecular formula is C18H29N3. The molecule has 0 saturated heterocycles. The molecule has 0 aliphatic carbocycles. The van der Waals surface area contributed by atoms with Crippen molar-refractivity contribution >= 4 is 11.0 Å². The van der Waals surface area contributed by atoms with E-state index in [0.717, 1.165) is 30.9 Å². The van der Waals surface area contributed by atoms with Crippen LogP contribution < -0.4 is 5.32 Å². The third-order valence-electron chi connectivity index (χ3n) is 4.05. The molecule has 2 aromatic rings. The van der Waals surface area contributed by atoms with Crippen molar-refractivity contribution in [1.82, 2.24) is 14.9 Å². The largest absolute Gasteiger partial charge is 0.328 e. The van der Waals surface area contributed by atoms with E-state index in [2.05, 4.69) is 55.8 Å². The Morgan fingerprint density at radius 1 is 1.19 bits per heavy atom. The summed E-state index contributed by atoms with van der Waals surface area (Å²) in [5.41, 5.74) is 3.80. The SMILES string of the molecule is CNCCc1nc2cc(C(C)C)ccc2n1CCC(C)C. The standard InChI is InChI=1S/C18H29N3/c1-13(2)9-11-21-17-7-6-15(14(3)4)12-16(17)20-18(21)8-10-19-5/h6-7,12-14,19H,8-11H2,1-5H3. The van der Waals surface area contributed by atoms with Crippen LogP contribution >= 0.6 is 0 Å². The predicted octanol–water partition coefficient (Wildman–Crippen LogP) is 3.97. The number of fused-ring (bicyclic) bond motifs is 1. The summed E-state index contributed by atoms with van der Waals surface area (Å²) >= 11 is 0. The Kier molecular flexibility index (Phi) is 5.40. The van der Waals surface area contributed by atoms with Gasteiger partial charge in [-0.2, -0.15) is 0 Å². The van der Waals surface area contributed by atoms with E-state index < -0.39 is 0 Å². The second kappa shape index (κ2) is 7.08. The normalized spacial score (nSPS) is 12.0. The van der Waals surface area contributed by atoms with E-state index in [9.17, 15) is 0 Å². The monoisotopic (exact) mass is 287 g/mol. The Morgan fingerprint density at radius 2 is 1.95 bits per heavy atom. The minimum Gasteiger partial charge on any atom is -0.328 e. The summed E-state index contributed by atoms with van der Waals surface area (Å²) in [5, 5.41) is 3.23. The van der Waals surface area contributed by atoms with Crippen LogP contribution in [0.4, 0.5) is 0 Å². The molecule has 21 heavy (non-hydrogen) atoms. The van der Waals surface area contributed by atoms with E-state index in [1.165, 1.54) is 23.3 Å². The Balaban J connectivity index is 2.39. The van der Waals surface area contributed by atoms with Gasteiger partial charge < -0.3 is 9.88 Å². The van der Waals surface area contributed by atoms with Gasteiger partial charge >= 0.3 is 0 Å².